The molecule has 0 bridgehead atoms. The number of nitrogens with one attached hydrogen (secondary N) is 2. The molecule has 9 heteroatoms. The minimum absolute atomic E-state index is 0.163. The standard InChI is InChI=1S/C16H18N4O5/c1-20-9-11(15(19-20)24-2)14(22)17-8-13(21)18-12-7-5-4-6-10(12)16(23)25-3/h4-7,9H,8H2,1-3H3,(H,17,22)(H,18,21). The minimum atomic E-state index is -0.569. The highest BCUT2D eigenvalue weighted by Crippen LogP contribution is 2.16. The molecule has 0 saturated heterocycles. The van der Waals surface area contributed by atoms with E-state index in [1.165, 1.54) is 31.2 Å². The van der Waals surface area contributed by atoms with Crippen LogP contribution in [0.4, 0.5) is 5.69 Å². The van der Waals surface area contributed by atoms with Gasteiger partial charge in [0, 0.05) is 13.2 Å². The maximum Gasteiger partial charge on any atom is 0.339 e. The molecule has 1 aromatic carbocycles. The third-order valence-electron chi connectivity index (χ3n) is 3.25. The first-order valence-electron chi connectivity index (χ1n) is 7.29. The molecule has 25 heavy (non-hydrogen) atoms. The molecule has 1 heterocycles. The van der Waals surface area contributed by atoms with E-state index < -0.39 is 17.8 Å². The Balaban J connectivity index is 1.99. The van der Waals surface area contributed by atoms with Crippen LogP contribution in [0.2, 0.25) is 0 Å². The van der Waals surface area contributed by atoms with E-state index in [-0.39, 0.29) is 23.6 Å². The summed E-state index contributed by atoms with van der Waals surface area (Å²) >= 11 is 0. The van der Waals surface area contributed by atoms with Crippen LogP contribution in [0.5, 0.6) is 5.88 Å². The van der Waals surface area contributed by atoms with Crippen molar-refractivity contribution in [1.29, 1.82) is 0 Å². The first-order valence-corrected chi connectivity index (χ1v) is 7.29. The number of hydrogen-bond donors (Lipinski definition) is 2. The van der Waals surface area contributed by atoms with E-state index in [0.29, 0.717) is 5.69 Å². The number of nitrogens with zero attached hydrogens (tertiary/aromatic N) is 2. The van der Waals surface area contributed by atoms with E-state index >= 15 is 0 Å². The predicted molar refractivity (Wildman–Crippen MR) is 88.5 cm³/mol. The molecule has 2 amide bonds. The lowest BCUT2D eigenvalue weighted by Crippen LogP contribution is -2.33. The first kappa shape index (κ1) is 18.0. The van der Waals surface area contributed by atoms with Crippen molar-refractivity contribution in [2.24, 2.45) is 7.05 Å². The average Bonchev–Trinajstić information content (AvgIpc) is 3.00. The summed E-state index contributed by atoms with van der Waals surface area (Å²) in [6, 6.07) is 6.41. The normalized spacial score (nSPS) is 10.0. The molecule has 1 aromatic heterocycles. The van der Waals surface area contributed by atoms with Crippen molar-refractivity contribution >= 4 is 23.5 Å². The SMILES string of the molecule is COC(=O)c1ccccc1NC(=O)CNC(=O)c1cn(C)nc1OC. The number of hydrogen-bond acceptors (Lipinski definition) is 6. The molecule has 0 atom stereocenters. The highest BCUT2D eigenvalue weighted by molar-refractivity contribution is 6.03. The Labute approximate surface area is 143 Å². The molecule has 0 aliphatic carbocycles. The van der Waals surface area contributed by atoms with Gasteiger partial charge in [-0.25, -0.2) is 4.79 Å². The average molecular weight is 346 g/mol. The highest BCUT2D eigenvalue weighted by atomic mass is 16.5. The molecule has 0 aliphatic rings. The van der Waals surface area contributed by atoms with E-state index in [1.54, 1.807) is 25.2 Å². The Morgan fingerprint density at radius 1 is 1.16 bits per heavy atom. The van der Waals surface area contributed by atoms with E-state index in [0.717, 1.165) is 0 Å². The molecular formula is C16H18N4O5. The van der Waals surface area contributed by atoms with Gasteiger partial charge in [0.1, 0.15) is 5.56 Å². The summed E-state index contributed by atoms with van der Waals surface area (Å²) in [5.74, 6) is -1.40. The second-order valence-corrected chi connectivity index (χ2v) is 4.99. The number of carbonyl (C=O) groups excluding carboxylic acids is 3. The van der Waals surface area contributed by atoms with Crippen molar-refractivity contribution in [2.45, 2.75) is 0 Å². The van der Waals surface area contributed by atoms with E-state index in [1.807, 2.05) is 0 Å². The maximum atomic E-state index is 12.1. The van der Waals surface area contributed by atoms with Gasteiger partial charge in [-0.2, -0.15) is 0 Å². The van der Waals surface area contributed by atoms with Gasteiger partial charge < -0.3 is 20.1 Å². The summed E-state index contributed by atoms with van der Waals surface area (Å²) in [6.45, 7) is -0.285. The Morgan fingerprint density at radius 2 is 1.88 bits per heavy atom. The van der Waals surface area contributed by atoms with E-state index in [2.05, 4.69) is 20.5 Å². The summed E-state index contributed by atoms with van der Waals surface area (Å²) < 4.78 is 11.1. The third-order valence-corrected chi connectivity index (χ3v) is 3.25. The smallest absolute Gasteiger partial charge is 0.339 e. The lowest BCUT2D eigenvalue weighted by molar-refractivity contribution is -0.115. The van der Waals surface area contributed by atoms with Gasteiger partial charge in [0.15, 0.2) is 0 Å². The highest BCUT2D eigenvalue weighted by Gasteiger charge is 2.18. The van der Waals surface area contributed by atoms with E-state index in [9.17, 15) is 14.4 Å². The molecule has 2 N–H and O–H groups in total. The fraction of sp³-hybridized carbons (Fsp3) is 0.250. The van der Waals surface area contributed by atoms with Crippen LogP contribution in [0.25, 0.3) is 0 Å². The molecule has 0 saturated carbocycles. The van der Waals surface area contributed by atoms with Crippen LogP contribution in [0.3, 0.4) is 0 Å². The molecule has 0 spiro atoms. The van der Waals surface area contributed by atoms with Gasteiger partial charge in [-0.3, -0.25) is 14.3 Å². The molecule has 0 fully saturated rings. The molecule has 2 aromatic rings. The van der Waals surface area contributed by atoms with Crippen LogP contribution >= 0.6 is 0 Å². The van der Waals surface area contributed by atoms with Gasteiger partial charge in [0.2, 0.25) is 11.8 Å². The fourth-order valence-electron chi connectivity index (χ4n) is 2.10. The topological polar surface area (TPSA) is 112 Å². The number of amides is 2. The summed E-state index contributed by atoms with van der Waals surface area (Å²) in [6.07, 6.45) is 1.48. The molecule has 0 aliphatic heterocycles. The zero-order valence-electron chi connectivity index (χ0n) is 14.0. The number of aryl methyl sites for hydroxylation is 1. The van der Waals surface area contributed by atoms with Gasteiger partial charge in [-0.1, -0.05) is 12.1 Å². The first-order chi connectivity index (χ1) is 12.0. The quantitative estimate of drug-likeness (QED) is 0.740. The Morgan fingerprint density at radius 3 is 2.56 bits per heavy atom. The van der Waals surface area contributed by atoms with Crippen molar-refractivity contribution in [3.63, 3.8) is 0 Å². The summed E-state index contributed by atoms with van der Waals surface area (Å²) in [7, 11) is 4.30. The van der Waals surface area contributed by atoms with Gasteiger partial charge in [0.05, 0.1) is 32.0 Å². The van der Waals surface area contributed by atoms with E-state index in [4.69, 9.17) is 4.74 Å². The van der Waals surface area contributed by atoms with Crippen LogP contribution in [0.15, 0.2) is 30.5 Å². The fourth-order valence-corrected chi connectivity index (χ4v) is 2.10. The molecule has 0 unspecified atom stereocenters. The number of esters is 1. The Hall–Kier alpha value is -3.36. The number of ether oxygens (including phenoxy) is 2. The lowest BCUT2D eigenvalue weighted by Gasteiger charge is -2.10. The Kier molecular flexibility index (Phi) is 5.72. The largest absolute Gasteiger partial charge is 0.479 e. The second kappa shape index (κ2) is 7.95. The molecule has 2 rings (SSSR count). The maximum absolute atomic E-state index is 12.1. The van der Waals surface area contributed by atoms with Crippen molar-refractivity contribution in [2.75, 3.05) is 26.1 Å². The number of anilines is 1. The number of para-hydroxylation sites is 1. The van der Waals surface area contributed by atoms with Crippen molar-refractivity contribution in [3.8, 4) is 5.88 Å². The van der Waals surface area contributed by atoms with Crippen LogP contribution in [0.1, 0.15) is 20.7 Å². The monoisotopic (exact) mass is 346 g/mol. The second-order valence-electron chi connectivity index (χ2n) is 4.99. The zero-order chi connectivity index (χ0) is 18.4. The lowest BCUT2D eigenvalue weighted by atomic mass is 10.2. The number of aromatic nitrogens is 2. The van der Waals surface area contributed by atoms with Crippen LogP contribution in [-0.2, 0) is 16.6 Å². The molecule has 132 valence electrons. The third kappa shape index (κ3) is 4.34. The number of methoxy groups -OCH3 is 2. The minimum Gasteiger partial charge on any atom is -0.479 e. The molecule has 9 nitrogen and oxygen atoms in total. The van der Waals surface area contributed by atoms with Gasteiger partial charge in [-0.15, -0.1) is 5.10 Å². The van der Waals surface area contributed by atoms with Gasteiger partial charge >= 0.3 is 5.97 Å². The van der Waals surface area contributed by atoms with Gasteiger partial charge in [0.25, 0.3) is 5.91 Å². The summed E-state index contributed by atoms with van der Waals surface area (Å²) in [5.41, 5.74) is 0.735. The Bertz CT molecular complexity index is 800. The van der Waals surface area contributed by atoms with Crippen LogP contribution in [-0.4, -0.2) is 48.3 Å². The molecule has 0 radical (unpaired) electrons. The number of benzene rings is 1. The molecular weight excluding hydrogens is 328 g/mol. The van der Waals surface area contributed by atoms with Crippen LogP contribution < -0.4 is 15.4 Å². The summed E-state index contributed by atoms with van der Waals surface area (Å²) in [4.78, 5) is 35.8. The zero-order valence-corrected chi connectivity index (χ0v) is 14.0. The van der Waals surface area contributed by atoms with Crippen LogP contribution in [0, 0.1) is 0 Å². The van der Waals surface area contributed by atoms with Crippen molar-refractivity contribution in [1.82, 2.24) is 15.1 Å². The van der Waals surface area contributed by atoms with Crippen molar-refractivity contribution in [3.05, 3.63) is 41.6 Å². The predicted octanol–water partition coefficient (Wildman–Crippen LogP) is 0.584. The number of carbonyl (C=O) groups is 3. The summed E-state index contributed by atoms with van der Waals surface area (Å²) in [5, 5.41) is 9.00. The number of rotatable bonds is 6. The van der Waals surface area contributed by atoms with Crippen molar-refractivity contribution < 1.29 is 23.9 Å². The van der Waals surface area contributed by atoms with Gasteiger partial charge in [-0.05, 0) is 12.1 Å².